The molecule has 0 radical (unpaired) electrons. The van der Waals surface area contributed by atoms with Crippen LogP contribution in [0.1, 0.15) is 21.7 Å². The third-order valence-corrected chi connectivity index (χ3v) is 5.93. The van der Waals surface area contributed by atoms with E-state index >= 15 is 0 Å². The van der Waals surface area contributed by atoms with Crippen molar-refractivity contribution in [1.82, 2.24) is 19.3 Å². The zero-order valence-electron chi connectivity index (χ0n) is 17.4. The van der Waals surface area contributed by atoms with E-state index in [1.165, 1.54) is 11.8 Å². The number of benzene rings is 1. The van der Waals surface area contributed by atoms with Gasteiger partial charge in [0.05, 0.1) is 19.5 Å². The second-order valence-corrected chi connectivity index (χ2v) is 7.68. The van der Waals surface area contributed by atoms with Crippen molar-refractivity contribution in [1.29, 1.82) is 0 Å². The summed E-state index contributed by atoms with van der Waals surface area (Å²) in [5, 5.41) is 9.25. The Labute approximate surface area is 175 Å². The normalized spacial score (nSPS) is 11.1. The average molecular weight is 415 g/mol. The molecule has 0 aliphatic heterocycles. The molecule has 2 heterocycles. The first kappa shape index (κ1) is 21.1. The fraction of sp³-hybridized carbons (Fsp3) is 0.381. The van der Waals surface area contributed by atoms with Crippen LogP contribution in [0.3, 0.4) is 0 Å². The smallest absolute Gasteiger partial charge is 0.191 e. The lowest BCUT2D eigenvalue weighted by Crippen LogP contribution is -2.10. The lowest BCUT2D eigenvalue weighted by molar-refractivity contribution is 0.102. The number of thioether (sulfide) groups is 1. The van der Waals surface area contributed by atoms with Crippen LogP contribution in [0.15, 0.2) is 35.5 Å². The second-order valence-electron chi connectivity index (χ2n) is 6.73. The number of hydrogen-bond donors (Lipinski definition) is 0. The van der Waals surface area contributed by atoms with Crippen LogP contribution < -0.4 is 4.74 Å². The van der Waals surface area contributed by atoms with Gasteiger partial charge in [-0.3, -0.25) is 4.79 Å². The standard InChI is InChI=1S/C21H26N4O3S/c1-14-12-18(15(2)25(14)10-11-27-4)19(26)13-29-21-23-22-20(24(21)3)16-6-8-17(28-5)9-7-16/h6-9,12H,10-11,13H2,1-5H3. The maximum absolute atomic E-state index is 12.8. The molecule has 3 aromatic rings. The van der Waals surface area contributed by atoms with Crippen molar-refractivity contribution in [3.63, 3.8) is 0 Å². The molecule has 0 N–H and O–H groups in total. The van der Waals surface area contributed by atoms with E-state index in [0.717, 1.165) is 40.6 Å². The molecule has 0 saturated carbocycles. The summed E-state index contributed by atoms with van der Waals surface area (Å²) in [4.78, 5) is 12.8. The molecule has 7 nitrogen and oxygen atoms in total. The lowest BCUT2D eigenvalue weighted by atomic mass is 10.2. The Morgan fingerprint density at radius 1 is 1.14 bits per heavy atom. The molecule has 1 aromatic carbocycles. The highest BCUT2D eigenvalue weighted by atomic mass is 32.2. The van der Waals surface area contributed by atoms with Crippen LogP contribution in [0, 0.1) is 13.8 Å². The largest absolute Gasteiger partial charge is 0.497 e. The number of aryl methyl sites for hydroxylation is 1. The van der Waals surface area contributed by atoms with Gasteiger partial charge in [0.15, 0.2) is 16.8 Å². The van der Waals surface area contributed by atoms with Crippen LogP contribution >= 0.6 is 11.8 Å². The number of ether oxygens (including phenoxy) is 2. The van der Waals surface area contributed by atoms with E-state index in [2.05, 4.69) is 14.8 Å². The fourth-order valence-electron chi connectivity index (χ4n) is 3.25. The van der Waals surface area contributed by atoms with Gasteiger partial charge in [-0.2, -0.15) is 0 Å². The Morgan fingerprint density at radius 2 is 1.86 bits per heavy atom. The van der Waals surface area contributed by atoms with E-state index in [0.29, 0.717) is 17.5 Å². The van der Waals surface area contributed by atoms with Gasteiger partial charge in [-0.05, 0) is 44.2 Å². The van der Waals surface area contributed by atoms with E-state index in [1.54, 1.807) is 14.2 Å². The van der Waals surface area contributed by atoms with Crippen molar-refractivity contribution in [2.75, 3.05) is 26.6 Å². The quantitative estimate of drug-likeness (QED) is 0.394. The van der Waals surface area contributed by atoms with Gasteiger partial charge in [-0.1, -0.05) is 11.8 Å². The van der Waals surface area contributed by atoms with Crippen LogP contribution in [0.4, 0.5) is 0 Å². The van der Waals surface area contributed by atoms with Crippen molar-refractivity contribution in [2.24, 2.45) is 7.05 Å². The summed E-state index contributed by atoms with van der Waals surface area (Å²) in [5.41, 5.74) is 3.74. The first-order valence-electron chi connectivity index (χ1n) is 9.31. The van der Waals surface area contributed by atoms with E-state index in [4.69, 9.17) is 9.47 Å². The molecule has 0 unspecified atom stereocenters. The van der Waals surface area contributed by atoms with Gasteiger partial charge < -0.3 is 18.6 Å². The molecule has 0 aliphatic rings. The number of carbonyl (C=O) groups excluding carboxylic acids is 1. The van der Waals surface area contributed by atoms with Crippen molar-refractivity contribution in [3.8, 4) is 17.1 Å². The minimum absolute atomic E-state index is 0.0840. The Morgan fingerprint density at radius 3 is 2.52 bits per heavy atom. The predicted octanol–water partition coefficient (Wildman–Crippen LogP) is 3.53. The van der Waals surface area contributed by atoms with Crippen LogP contribution in [-0.2, 0) is 18.3 Å². The van der Waals surface area contributed by atoms with Crippen molar-refractivity contribution in [2.45, 2.75) is 25.5 Å². The number of rotatable bonds is 9. The Balaban J connectivity index is 1.70. The maximum Gasteiger partial charge on any atom is 0.191 e. The van der Waals surface area contributed by atoms with Crippen LogP contribution in [-0.4, -0.2) is 51.7 Å². The van der Waals surface area contributed by atoms with Gasteiger partial charge in [0, 0.05) is 43.2 Å². The molecule has 154 valence electrons. The summed E-state index contributed by atoms with van der Waals surface area (Å²) in [7, 11) is 5.22. The number of nitrogens with zero attached hydrogens (tertiary/aromatic N) is 4. The molecular weight excluding hydrogens is 388 g/mol. The van der Waals surface area contributed by atoms with Gasteiger partial charge in [-0.15, -0.1) is 10.2 Å². The molecule has 8 heteroatoms. The number of methoxy groups -OCH3 is 2. The Kier molecular flexibility index (Phi) is 6.76. The van der Waals surface area contributed by atoms with Gasteiger partial charge >= 0.3 is 0 Å². The lowest BCUT2D eigenvalue weighted by Gasteiger charge is -2.08. The van der Waals surface area contributed by atoms with Gasteiger partial charge in [-0.25, -0.2) is 0 Å². The van der Waals surface area contributed by atoms with Gasteiger partial charge in [0.1, 0.15) is 5.75 Å². The molecule has 0 aliphatic carbocycles. The van der Waals surface area contributed by atoms with E-state index in [-0.39, 0.29) is 5.78 Å². The van der Waals surface area contributed by atoms with E-state index in [9.17, 15) is 4.79 Å². The van der Waals surface area contributed by atoms with Gasteiger partial charge in [0.25, 0.3) is 0 Å². The number of aromatic nitrogens is 4. The predicted molar refractivity (Wildman–Crippen MR) is 114 cm³/mol. The summed E-state index contributed by atoms with van der Waals surface area (Å²) in [6, 6.07) is 9.61. The highest BCUT2D eigenvalue weighted by molar-refractivity contribution is 7.99. The molecule has 0 spiro atoms. The van der Waals surface area contributed by atoms with E-state index < -0.39 is 0 Å². The zero-order valence-corrected chi connectivity index (χ0v) is 18.2. The topological polar surface area (TPSA) is 71.2 Å². The van der Waals surface area contributed by atoms with Crippen molar-refractivity contribution < 1.29 is 14.3 Å². The summed E-state index contributed by atoms with van der Waals surface area (Å²) in [6.45, 7) is 5.34. The summed E-state index contributed by atoms with van der Waals surface area (Å²) in [5.74, 6) is 1.93. The molecule has 0 atom stereocenters. The van der Waals surface area contributed by atoms with Crippen molar-refractivity contribution in [3.05, 3.63) is 47.3 Å². The monoisotopic (exact) mass is 414 g/mol. The first-order chi connectivity index (χ1) is 14.0. The molecule has 2 aromatic heterocycles. The third kappa shape index (κ3) is 4.54. The Hall–Kier alpha value is -2.58. The van der Waals surface area contributed by atoms with Crippen LogP contribution in [0.5, 0.6) is 5.75 Å². The molecular formula is C21H26N4O3S. The van der Waals surface area contributed by atoms with Gasteiger partial charge in [0.2, 0.25) is 0 Å². The molecule has 3 rings (SSSR count). The fourth-order valence-corrected chi connectivity index (χ4v) is 4.04. The second kappa shape index (κ2) is 9.28. The van der Waals surface area contributed by atoms with Crippen LogP contribution in [0.2, 0.25) is 0 Å². The zero-order chi connectivity index (χ0) is 21.0. The molecule has 0 amide bonds. The summed E-state index contributed by atoms with van der Waals surface area (Å²) in [6.07, 6.45) is 0. The minimum atomic E-state index is 0.0840. The summed E-state index contributed by atoms with van der Waals surface area (Å²) < 4.78 is 14.4. The Bertz CT molecular complexity index is 992. The first-order valence-corrected chi connectivity index (χ1v) is 10.3. The number of ketones is 1. The number of hydrogen-bond acceptors (Lipinski definition) is 6. The molecule has 0 fully saturated rings. The highest BCUT2D eigenvalue weighted by Gasteiger charge is 2.18. The highest BCUT2D eigenvalue weighted by Crippen LogP contribution is 2.25. The molecule has 29 heavy (non-hydrogen) atoms. The molecule has 0 bridgehead atoms. The number of carbonyl (C=O) groups is 1. The van der Waals surface area contributed by atoms with Crippen LogP contribution in [0.25, 0.3) is 11.4 Å². The third-order valence-electron chi connectivity index (χ3n) is 4.91. The SMILES string of the molecule is COCCn1c(C)cc(C(=O)CSc2nnc(-c3ccc(OC)cc3)n2C)c1C. The van der Waals surface area contributed by atoms with Crippen molar-refractivity contribution >= 4 is 17.5 Å². The maximum atomic E-state index is 12.8. The number of Topliss-reactive ketones (excluding diaryl/α,β-unsaturated/α-hetero) is 1. The molecule has 0 saturated heterocycles. The average Bonchev–Trinajstić information content (AvgIpc) is 3.23. The minimum Gasteiger partial charge on any atom is -0.497 e. The van der Waals surface area contributed by atoms with E-state index in [1.807, 2.05) is 55.8 Å². The summed E-state index contributed by atoms with van der Waals surface area (Å²) >= 11 is 1.40.